The number of piperazine rings is 1. The molecule has 1 aliphatic carbocycles. The largest absolute Gasteiger partial charge is 0.311 e. The van der Waals surface area contributed by atoms with Gasteiger partial charge >= 0.3 is 0 Å². The zero-order chi connectivity index (χ0) is 14.7. The Labute approximate surface area is 128 Å². The van der Waals surface area contributed by atoms with E-state index in [-0.39, 0.29) is 0 Å². The molecule has 5 heteroatoms. The van der Waals surface area contributed by atoms with E-state index in [1.165, 1.54) is 32.2 Å². The first-order chi connectivity index (χ1) is 10.3. The summed E-state index contributed by atoms with van der Waals surface area (Å²) in [7, 11) is 0. The molecule has 1 saturated heterocycles. The molecule has 0 amide bonds. The maximum Gasteiger partial charge on any atom is 0.141 e. The minimum atomic E-state index is 0.650. The lowest BCUT2D eigenvalue weighted by molar-refractivity contribution is 0.103. The van der Waals surface area contributed by atoms with Gasteiger partial charge < -0.3 is 5.32 Å². The zero-order valence-corrected chi connectivity index (χ0v) is 13.5. The molecule has 0 spiro atoms. The van der Waals surface area contributed by atoms with Crippen LogP contribution in [0.1, 0.15) is 51.8 Å². The summed E-state index contributed by atoms with van der Waals surface area (Å²) in [6.45, 7) is 8.72. The van der Waals surface area contributed by atoms with Crippen molar-refractivity contribution >= 4 is 0 Å². The standard InChI is InChI=1S/C16H29N5/c1-3-5-14-9-17-15(13-6-7-13)10-20(14)11-16-18-12-19-21(16)8-4-2/h12-15,17H,3-11H2,1-2H3. The number of hydrogen-bond donors (Lipinski definition) is 1. The Kier molecular flexibility index (Phi) is 4.91. The maximum atomic E-state index is 4.50. The minimum Gasteiger partial charge on any atom is -0.311 e. The van der Waals surface area contributed by atoms with Crippen molar-refractivity contribution in [1.29, 1.82) is 0 Å². The van der Waals surface area contributed by atoms with Crippen molar-refractivity contribution < 1.29 is 0 Å². The van der Waals surface area contributed by atoms with Gasteiger partial charge in [-0.15, -0.1) is 0 Å². The highest BCUT2D eigenvalue weighted by molar-refractivity contribution is 4.96. The Hall–Kier alpha value is -0.940. The van der Waals surface area contributed by atoms with E-state index in [0.717, 1.165) is 37.8 Å². The van der Waals surface area contributed by atoms with Gasteiger partial charge in [-0.2, -0.15) is 5.10 Å². The fraction of sp³-hybridized carbons (Fsp3) is 0.875. The molecule has 2 fully saturated rings. The molecule has 1 aromatic heterocycles. The van der Waals surface area contributed by atoms with Gasteiger partial charge in [0.1, 0.15) is 12.2 Å². The average Bonchev–Trinajstić information content (AvgIpc) is 3.25. The average molecular weight is 291 g/mol. The van der Waals surface area contributed by atoms with Crippen molar-refractivity contribution in [3.05, 3.63) is 12.2 Å². The van der Waals surface area contributed by atoms with Crippen LogP contribution in [0.2, 0.25) is 0 Å². The van der Waals surface area contributed by atoms with Crippen LogP contribution in [0.5, 0.6) is 0 Å². The molecule has 1 N–H and O–H groups in total. The molecule has 118 valence electrons. The lowest BCUT2D eigenvalue weighted by Crippen LogP contribution is -2.56. The second-order valence-corrected chi connectivity index (χ2v) is 6.62. The van der Waals surface area contributed by atoms with Crippen LogP contribution in [-0.2, 0) is 13.1 Å². The van der Waals surface area contributed by atoms with Gasteiger partial charge in [0.2, 0.25) is 0 Å². The lowest BCUT2D eigenvalue weighted by atomic mass is 10.0. The van der Waals surface area contributed by atoms with Crippen LogP contribution >= 0.6 is 0 Å². The summed E-state index contributed by atoms with van der Waals surface area (Å²) >= 11 is 0. The third-order valence-electron chi connectivity index (χ3n) is 4.85. The summed E-state index contributed by atoms with van der Waals surface area (Å²) in [4.78, 5) is 7.15. The molecule has 2 unspecified atom stereocenters. The third-order valence-corrected chi connectivity index (χ3v) is 4.85. The van der Waals surface area contributed by atoms with E-state index in [1.807, 2.05) is 0 Å². The van der Waals surface area contributed by atoms with Crippen LogP contribution in [0.15, 0.2) is 6.33 Å². The van der Waals surface area contributed by atoms with Gasteiger partial charge in [0, 0.05) is 31.7 Å². The smallest absolute Gasteiger partial charge is 0.141 e. The molecular weight excluding hydrogens is 262 g/mol. The van der Waals surface area contributed by atoms with Crippen LogP contribution in [0.25, 0.3) is 0 Å². The van der Waals surface area contributed by atoms with Crippen molar-refractivity contribution in [1.82, 2.24) is 25.0 Å². The van der Waals surface area contributed by atoms with Gasteiger partial charge in [-0.3, -0.25) is 4.90 Å². The third kappa shape index (κ3) is 3.64. The first kappa shape index (κ1) is 15.0. The number of nitrogens with zero attached hydrogens (tertiary/aromatic N) is 4. The predicted molar refractivity (Wildman–Crippen MR) is 83.9 cm³/mol. The van der Waals surface area contributed by atoms with Gasteiger partial charge in [-0.1, -0.05) is 20.3 Å². The monoisotopic (exact) mass is 291 g/mol. The number of nitrogens with one attached hydrogen (secondary N) is 1. The van der Waals surface area contributed by atoms with Crippen molar-refractivity contribution in [3.63, 3.8) is 0 Å². The highest BCUT2D eigenvalue weighted by atomic mass is 15.4. The molecule has 2 atom stereocenters. The molecule has 1 aliphatic heterocycles. The van der Waals surface area contributed by atoms with Crippen LogP contribution in [0, 0.1) is 5.92 Å². The van der Waals surface area contributed by atoms with Gasteiger partial charge in [-0.05, 0) is 31.6 Å². The van der Waals surface area contributed by atoms with Gasteiger partial charge in [0.25, 0.3) is 0 Å². The molecule has 1 aromatic rings. The highest BCUT2D eigenvalue weighted by Crippen LogP contribution is 2.34. The summed E-state index contributed by atoms with van der Waals surface area (Å²) in [6, 6.07) is 1.34. The first-order valence-electron chi connectivity index (χ1n) is 8.66. The predicted octanol–water partition coefficient (Wildman–Crippen LogP) is 2.04. The molecule has 0 aromatic carbocycles. The SMILES string of the molecule is CCCC1CNC(C2CC2)CN1Cc1ncnn1CCC. The molecular formula is C16H29N5. The summed E-state index contributed by atoms with van der Waals surface area (Å²) in [5.41, 5.74) is 0. The normalized spacial score (nSPS) is 27.1. The number of aromatic nitrogens is 3. The lowest BCUT2D eigenvalue weighted by Gasteiger charge is -2.40. The Morgan fingerprint density at radius 1 is 1.29 bits per heavy atom. The number of rotatable bonds is 7. The summed E-state index contributed by atoms with van der Waals surface area (Å²) in [5.74, 6) is 2.05. The molecule has 0 radical (unpaired) electrons. The van der Waals surface area contributed by atoms with Crippen LogP contribution in [0.4, 0.5) is 0 Å². The fourth-order valence-electron chi connectivity index (χ4n) is 3.50. The van der Waals surface area contributed by atoms with Crippen molar-refractivity contribution in [2.75, 3.05) is 13.1 Å². The van der Waals surface area contributed by atoms with E-state index in [1.54, 1.807) is 6.33 Å². The van der Waals surface area contributed by atoms with Crippen molar-refractivity contribution in [2.24, 2.45) is 5.92 Å². The summed E-state index contributed by atoms with van der Waals surface area (Å²) < 4.78 is 2.08. The molecule has 1 saturated carbocycles. The number of hydrogen-bond acceptors (Lipinski definition) is 4. The molecule has 2 aliphatic rings. The van der Waals surface area contributed by atoms with Crippen LogP contribution in [0.3, 0.4) is 0 Å². The van der Waals surface area contributed by atoms with E-state index < -0.39 is 0 Å². The quantitative estimate of drug-likeness (QED) is 0.835. The van der Waals surface area contributed by atoms with Crippen molar-refractivity contribution in [3.8, 4) is 0 Å². The fourth-order valence-corrected chi connectivity index (χ4v) is 3.50. The van der Waals surface area contributed by atoms with E-state index in [4.69, 9.17) is 0 Å². The summed E-state index contributed by atoms with van der Waals surface area (Å²) in [5, 5.41) is 8.15. The van der Waals surface area contributed by atoms with Crippen LogP contribution < -0.4 is 5.32 Å². The topological polar surface area (TPSA) is 46.0 Å². The second-order valence-electron chi connectivity index (χ2n) is 6.62. The van der Waals surface area contributed by atoms with Crippen LogP contribution in [-0.4, -0.2) is 44.8 Å². The molecule has 0 bridgehead atoms. The minimum absolute atomic E-state index is 0.650. The Morgan fingerprint density at radius 2 is 2.14 bits per heavy atom. The van der Waals surface area contributed by atoms with E-state index >= 15 is 0 Å². The van der Waals surface area contributed by atoms with Gasteiger partial charge in [-0.25, -0.2) is 9.67 Å². The van der Waals surface area contributed by atoms with E-state index in [0.29, 0.717) is 12.1 Å². The molecule has 3 rings (SSSR count). The van der Waals surface area contributed by atoms with Gasteiger partial charge in [0.05, 0.1) is 6.54 Å². The Bertz CT molecular complexity index is 440. The second kappa shape index (κ2) is 6.88. The highest BCUT2D eigenvalue weighted by Gasteiger charge is 2.37. The van der Waals surface area contributed by atoms with Gasteiger partial charge in [0.15, 0.2) is 0 Å². The van der Waals surface area contributed by atoms with E-state index in [9.17, 15) is 0 Å². The Morgan fingerprint density at radius 3 is 2.86 bits per heavy atom. The first-order valence-corrected chi connectivity index (χ1v) is 8.66. The Balaban J connectivity index is 1.67. The number of aryl methyl sites for hydroxylation is 1. The summed E-state index contributed by atoms with van der Waals surface area (Å²) in [6.07, 6.45) is 8.16. The van der Waals surface area contributed by atoms with E-state index in [2.05, 4.69) is 38.8 Å². The van der Waals surface area contributed by atoms with Crippen molar-refractivity contribution in [2.45, 2.75) is 71.1 Å². The molecule has 21 heavy (non-hydrogen) atoms. The molecule has 2 heterocycles. The zero-order valence-electron chi connectivity index (χ0n) is 13.5. The maximum absolute atomic E-state index is 4.50. The molecule has 5 nitrogen and oxygen atoms in total.